The summed E-state index contributed by atoms with van der Waals surface area (Å²) >= 11 is 0. The first-order valence-corrected chi connectivity index (χ1v) is 8.95. The summed E-state index contributed by atoms with van der Waals surface area (Å²) in [6.45, 7) is 5.42. The van der Waals surface area contributed by atoms with E-state index in [-0.39, 0.29) is 0 Å². The average Bonchev–Trinajstić information content (AvgIpc) is 3.23. The number of rotatable bonds is 4. The number of fused-ring (bicyclic) bond motifs is 2. The summed E-state index contributed by atoms with van der Waals surface area (Å²) in [6.07, 6.45) is 6.28. The number of carbonyl (C=O) groups excluding carboxylic acids is 1. The molecular weight excluding hydrogens is 304 g/mol. The van der Waals surface area contributed by atoms with Crippen LogP contribution in [-0.4, -0.2) is 57.6 Å². The minimum absolute atomic E-state index is 0.387. The number of nitrogens with one attached hydrogen (secondary N) is 1. The Balaban J connectivity index is 1.57. The molecule has 3 heterocycles. The zero-order valence-corrected chi connectivity index (χ0v) is 14.5. The lowest BCUT2D eigenvalue weighted by Gasteiger charge is -2.40. The van der Waals surface area contributed by atoms with Crippen molar-refractivity contribution in [2.45, 2.75) is 50.7 Å². The van der Waals surface area contributed by atoms with Crippen LogP contribution in [0, 0.1) is 5.92 Å². The van der Waals surface area contributed by atoms with Crippen LogP contribution < -0.4 is 5.48 Å². The molecule has 2 N–H and O–H groups in total. The van der Waals surface area contributed by atoms with E-state index in [1.165, 1.54) is 19.4 Å². The summed E-state index contributed by atoms with van der Waals surface area (Å²) in [4.78, 5) is 21.3. The maximum Gasteiger partial charge on any atom is 0.276 e. The van der Waals surface area contributed by atoms with Crippen LogP contribution in [0.4, 0.5) is 0 Å². The molecule has 1 saturated carbocycles. The Morgan fingerprint density at radius 2 is 2.38 bits per heavy atom. The van der Waals surface area contributed by atoms with Crippen LogP contribution in [0.15, 0.2) is 12.3 Å². The molecule has 4 rings (SSSR count). The number of hydrogen-bond donors (Lipinski definition) is 2. The van der Waals surface area contributed by atoms with Gasteiger partial charge >= 0.3 is 0 Å². The largest absolute Gasteiger partial charge is 0.299 e. The van der Waals surface area contributed by atoms with E-state index >= 15 is 0 Å². The van der Waals surface area contributed by atoms with E-state index in [0.717, 1.165) is 43.1 Å². The molecule has 2 unspecified atom stereocenters. The van der Waals surface area contributed by atoms with Gasteiger partial charge in [-0.2, -0.15) is 0 Å². The van der Waals surface area contributed by atoms with E-state index in [9.17, 15) is 4.79 Å². The number of amides is 1. The zero-order chi connectivity index (χ0) is 16.9. The summed E-state index contributed by atoms with van der Waals surface area (Å²) in [6, 6.07) is 2.40. The molecule has 6 nitrogen and oxygen atoms in total. The molecular formula is C18H26N4O2. The third-order valence-electron chi connectivity index (χ3n) is 6.46. The minimum Gasteiger partial charge on any atom is -0.299 e. The van der Waals surface area contributed by atoms with Gasteiger partial charge < -0.3 is 0 Å². The number of likely N-dealkylation sites (N-methyl/N-ethyl adjacent to an activating group) is 1. The Morgan fingerprint density at radius 1 is 1.54 bits per heavy atom. The molecule has 0 radical (unpaired) electrons. The van der Waals surface area contributed by atoms with Gasteiger partial charge in [0.25, 0.3) is 5.91 Å². The summed E-state index contributed by atoms with van der Waals surface area (Å²) in [5, 5.41) is 8.84. The van der Waals surface area contributed by atoms with E-state index in [2.05, 4.69) is 28.8 Å². The molecule has 0 aromatic carbocycles. The van der Waals surface area contributed by atoms with Crippen LogP contribution in [0.2, 0.25) is 0 Å². The van der Waals surface area contributed by atoms with Crippen LogP contribution in [0.25, 0.3) is 0 Å². The highest BCUT2D eigenvalue weighted by atomic mass is 16.5. The van der Waals surface area contributed by atoms with Crippen molar-refractivity contribution in [2.75, 3.05) is 20.1 Å². The van der Waals surface area contributed by atoms with Crippen molar-refractivity contribution in [3.05, 3.63) is 29.1 Å². The molecule has 24 heavy (non-hydrogen) atoms. The van der Waals surface area contributed by atoms with Crippen molar-refractivity contribution in [1.82, 2.24) is 20.3 Å². The molecule has 130 valence electrons. The number of hydrogen-bond acceptors (Lipinski definition) is 5. The maximum absolute atomic E-state index is 11.7. The molecule has 2 aliphatic heterocycles. The molecule has 1 saturated heterocycles. The van der Waals surface area contributed by atoms with Crippen molar-refractivity contribution >= 4 is 5.91 Å². The molecule has 3 atom stereocenters. The van der Waals surface area contributed by atoms with E-state index in [1.54, 1.807) is 11.7 Å². The first-order valence-electron chi connectivity index (χ1n) is 8.95. The number of nitrogens with zero attached hydrogens (tertiary/aromatic N) is 3. The van der Waals surface area contributed by atoms with E-state index in [1.807, 2.05) is 6.07 Å². The third-order valence-corrected chi connectivity index (χ3v) is 6.46. The molecule has 6 heteroatoms. The SMILES string of the molecule is CC[C@H]1Cc2ncc(C(=O)NO)cc2CN1CC12CC1CCN2C. The fourth-order valence-electron chi connectivity index (χ4n) is 4.78. The second-order valence-electron chi connectivity index (χ2n) is 7.66. The highest BCUT2D eigenvalue weighted by Crippen LogP contribution is 2.55. The van der Waals surface area contributed by atoms with Crippen LogP contribution in [0.3, 0.4) is 0 Å². The quantitative estimate of drug-likeness (QED) is 0.646. The predicted molar refractivity (Wildman–Crippen MR) is 89.8 cm³/mol. The van der Waals surface area contributed by atoms with Crippen LogP contribution in [-0.2, 0) is 13.0 Å². The molecule has 0 spiro atoms. The van der Waals surface area contributed by atoms with Gasteiger partial charge in [-0.3, -0.25) is 24.8 Å². The lowest BCUT2D eigenvalue weighted by atomic mass is 9.94. The fourth-order valence-corrected chi connectivity index (χ4v) is 4.78. The number of piperidine rings is 1. The first kappa shape index (κ1) is 16.0. The number of hydroxylamine groups is 1. The van der Waals surface area contributed by atoms with Gasteiger partial charge in [-0.05, 0) is 50.4 Å². The summed E-state index contributed by atoms with van der Waals surface area (Å²) in [5.74, 6) is 0.372. The fraction of sp³-hybridized carbons (Fsp3) is 0.667. The average molecular weight is 330 g/mol. The molecule has 0 bridgehead atoms. The topological polar surface area (TPSA) is 68.7 Å². The Bertz CT molecular complexity index is 664. The molecule has 1 aromatic heterocycles. The Labute approximate surface area is 142 Å². The first-order chi connectivity index (χ1) is 11.6. The monoisotopic (exact) mass is 330 g/mol. The lowest BCUT2D eigenvalue weighted by Crippen LogP contribution is -2.49. The van der Waals surface area contributed by atoms with Gasteiger partial charge in [-0.1, -0.05) is 6.92 Å². The third kappa shape index (κ3) is 2.44. The van der Waals surface area contributed by atoms with Gasteiger partial charge in [0.1, 0.15) is 0 Å². The molecule has 3 aliphatic rings. The van der Waals surface area contributed by atoms with Gasteiger partial charge in [0.15, 0.2) is 0 Å². The lowest BCUT2D eigenvalue weighted by molar-refractivity contribution is 0.0705. The molecule has 2 fully saturated rings. The van der Waals surface area contributed by atoms with Gasteiger partial charge in [0.05, 0.1) is 5.56 Å². The van der Waals surface area contributed by atoms with E-state index in [0.29, 0.717) is 17.1 Å². The molecule has 1 amide bonds. The van der Waals surface area contributed by atoms with Crippen molar-refractivity contribution in [1.29, 1.82) is 0 Å². The molecule has 1 aliphatic carbocycles. The van der Waals surface area contributed by atoms with Gasteiger partial charge in [-0.15, -0.1) is 0 Å². The van der Waals surface area contributed by atoms with Crippen LogP contribution in [0.5, 0.6) is 0 Å². The van der Waals surface area contributed by atoms with Crippen molar-refractivity contribution < 1.29 is 10.0 Å². The van der Waals surface area contributed by atoms with Crippen LogP contribution >= 0.6 is 0 Å². The standard InChI is InChI=1S/C18H26N4O2/c1-3-15-7-16-13(6-12(9-19-16)17(23)20-24)10-22(15)11-18-8-14(18)4-5-21(18)2/h6,9,14-15,24H,3-5,7-8,10-11H2,1-2H3,(H,20,23)/t14?,15-,18?/m0/s1. The van der Waals surface area contributed by atoms with E-state index < -0.39 is 5.91 Å². The normalized spacial score (nSPS) is 32.3. The maximum atomic E-state index is 11.7. The van der Waals surface area contributed by atoms with Crippen LogP contribution in [0.1, 0.15) is 47.8 Å². The Kier molecular flexibility index (Phi) is 3.86. The minimum atomic E-state index is -0.495. The summed E-state index contributed by atoms with van der Waals surface area (Å²) < 4.78 is 0. The zero-order valence-electron chi connectivity index (χ0n) is 14.5. The summed E-state index contributed by atoms with van der Waals surface area (Å²) in [5.41, 5.74) is 4.72. The highest BCUT2D eigenvalue weighted by molar-refractivity contribution is 5.93. The smallest absolute Gasteiger partial charge is 0.276 e. The van der Waals surface area contributed by atoms with Crippen molar-refractivity contribution in [3.63, 3.8) is 0 Å². The highest BCUT2D eigenvalue weighted by Gasteiger charge is 2.61. The Hall–Kier alpha value is -1.50. The van der Waals surface area contributed by atoms with Gasteiger partial charge in [-0.25, -0.2) is 5.48 Å². The van der Waals surface area contributed by atoms with E-state index in [4.69, 9.17) is 5.21 Å². The second-order valence-corrected chi connectivity index (χ2v) is 7.66. The number of pyridine rings is 1. The van der Waals surface area contributed by atoms with Crippen molar-refractivity contribution in [2.24, 2.45) is 5.92 Å². The second kappa shape index (κ2) is 5.79. The number of likely N-dealkylation sites (tertiary alicyclic amines) is 1. The predicted octanol–water partition coefficient (Wildman–Crippen LogP) is 1.43. The molecule has 1 aromatic rings. The number of aromatic nitrogens is 1. The van der Waals surface area contributed by atoms with Gasteiger partial charge in [0, 0.05) is 43.0 Å². The summed E-state index contributed by atoms with van der Waals surface area (Å²) in [7, 11) is 2.26. The van der Waals surface area contributed by atoms with Crippen molar-refractivity contribution in [3.8, 4) is 0 Å². The van der Waals surface area contributed by atoms with Gasteiger partial charge in [0.2, 0.25) is 0 Å². The Morgan fingerprint density at radius 3 is 3.00 bits per heavy atom. The number of carbonyl (C=O) groups is 1.